The number of alkyl halides is 3. The third kappa shape index (κ3) is 5.76. The number of halogens is 4. The number of anilines is 3. The van der Waals surface area contributed by atoms with E-state index in [-0.39, 0.29) is 47.8 Å². The molecule has 11 nitrogen and oxygen atoms in total. The zero-order valence-corrected chi connectivity index (χ0v) is 23.2. The van der Waals surface area contributed by atoms with Crippen LogP contribution >= 0.6 is 0 Å². The van der Waals surface area contributed by atoms with Crippen molar-refractivity contribution in [1.82, 2.24) is 24.9 Å². The van der Waals surface area contributed by atoms with Gasteiger partial charge in [-0.05, 0) is 30.0 Å². The minimum Gasteiger partial charge on any atom is -0.478 e. The fourth-order valence-corrected chi connectivity index (χ4v) is 4.90. The Balaban J connectivity index is 1.07. The number of nitrogens with zero attached hydrogens (tertiary/aromatic N) is 5. The average Bonchev–Trinajstić information content (AvgIpc) is 3.51. The van der Waals surface area contributed by atoms with Gasteiger partial charge in [0.2, 0.25) is 11.9 Å². The largest absolute Gasteiger partial charge is 0.478 e. The Morgan fingerprint density at radius 1 is 1.14 bits per heavy atom. The van der Waals surface area contributed by atoms with Crippen LogP contribution in [0.25, 0.3) is 11.1 Å². The van der Waals surface area contributed by atoms with Crippen molar-refractivity contribution in [2.75, 3.05) is 31.0 Å². The molecule has 0 unspecified atom stereocenters. The minimum absolute atomic E-state index is 0.0152. The molecule has 1 amide bonds. The lowest BCUT2D eigenvalue weighted by molar-refractivity contribution is -0.165. The normalized spacial score (nSPS) is 16.8. The predicted octanol–water partition coefficient (Wildman–Crippen LogP) is 5.03. The number of aromatic nitrogens is 5. The first kappa shape index (κ1) is 28.6. The van der Waals surface area contributed by atoms with Gasteiger partial charge in [-0.15, -0.1) is 5.10 Å². The summed E-state index contributed by atoms with van der Waals surface area (Å²) in [6, 6.07) is 5.37. The topological polar surface area (TPSA) is 129 Å². The summed E-state index contributed by atoms with van der Waals surface area (Å²) in [5.41, 5.74) is -0.344. The lowest BCUT2D eigenvalue weighted by atomic mass is 9.89. The van der Waals surface area contributed by atoms with Crippen molar-refractivity contribution in [3.05, 3.63) is 60.0 Å². The van der Waals surface area contributed by atoms with Crippen molar-refractivity contribution in [3.8, 4) is 17.0 Å². The van der Waals surface area contributed by atoms with Crippen molar-refractivity contribution >= 4 is 23.4 Å². The molecule has 43 heavy (non-hydrogen) atoms. The summed E-state index contributed by atoms with van der Waals surface area (Å²) < 4.78 is 72.1. The Hall–Kier alpha value is -4.53. The van der Waals surface area contributed by atoms with Crippen LogP contribution in [-0.4, -0.2) is 57.3 Å². The molecule has 15 heteroatoms. The van der Waals surface area contributed by atoms with Crippen LogP contribution in [0.3, 0.4) is 0 Å². The molecule has 0 radical (unpaired) electrons. The molecular weight excluding hydrogens is 574 g/mol. The highest BCUT2D eigenvalue weighted by molar-refractivity contribution is 5.91. The van der Waals surface area contributed by atoms with Crippen molar-refractivity contribution in [2.45, 2.75) is 44.3 Å². The van der Waals surface area contributed by atoms with Crippen LogP contribution in [0.15, 0.2) is 47.4 Å². The molecule has 1 aliphatic carbocycles. The molecule has 0 bridgehead atoms. The van der Waals surface area contributed by atoms with Crippen LogP contribution in [0.1, 0.15) is 31.1 Å². The van der Waals surface area contributed by atoms with E-state index in [0.29, 0.717) is 42.5 Å². The summed E-state index contributed by atoms with van der Waals surface area (Å²) in [5.74, 6) is -1.14. The second-order valence-electron chi connectivity index (χ2n) is 11.2. The van der Waals surface area contributed by atoms with Crippen LogP contribution in [0.4, 0.5) is 35.0 Å². The van der Waals surface area contributed by atoms with Gasteiger partial charge in [0, 0.05) is 29.4 Å². The van der Waals surface area contributed by atoms with E-state index < -0.39 is 23.3 Å². The number of nitrogens with one attached hydrogen (secondary N) is 2. The summed E-state index contributed by atoms with van der Waals surface area (Å²) in [5, 5.41) is 13.4. The molecule has 6 rings (SSSR count). The monoisotopic (exact) mass is 601 g/mol. The number of rotatable bonds is 10. The second kappa shape index (κ2) is 10.6. The molecule has 0 spiro atoms. The molecule has 226 valence electrons. The van der Waals surface area contributed by atoms with Gasteiger partial charge in [-0.2, -0.15) is 13.2 Å². The quantitative estimate of drug-likeness (QED) is 0.241. The molecule has 1 aliphatic heterocycles. The van der Waals surface area contributed by atoms with E-state index in [1.165, 1.54) is 31.6 Å². The maximum atomic E-state index is 14.9. The Kier molecular flexibility index (Phi) is 7.07. The smallest absolute Gasteiger partial charge is 0.401 e. The van der Waals surface area contributed by atoms with Gasteiger partial charge in [-0.25, -0.2) is 14.4 Å². The fourth-order valence-electron chi connectivity index (χ4n) is 4.90. The van der Waals surface area contributed by atoms with Crippen LogP contribution < -0.4 is 15.4 Å². The number of hydrogen-bond donors (Lipinski definition) is 2. The van der Waals surface area contributed by atoms with E-state index in [1.54, 1.807) is 16.9 Å². The third-order valence-corrected chi connectivity index (χ3v) is 7.54. The van der Waals surface area contributed by atoms with Crippen LogP contribution in [0.5, 0.6) is 5.88 Å². The predicted molar refractivity (Wildman–Crippen MR) is 144 cm³/mol. The first-order chi connectivity index (χ1) is 20.5. The third-order valence-electron chi connectivity index (χ3n) is 7.54. The zero-order valence-electron chi connectivity index (χ0n) is 23.2. The lowest BCUT2D eigenvalue weighted by Crippen LogP contribution is -2.43. The highest BCUT2D eigenvalue weighted by Gasteiger charge is 2.67. The van der Waals surface area contributed by atoms with E-state index in [2.05, 4.69) is 37.8 Å². The first-order valence-corrected chi connectivity index (χ1v) is 13.4. The van der Waals surface area contributed by atoms with Crippen LogP contribution in [0, 0.1) is 11.2 Å². The number of ether oxygens (including phenoxy) is 2. The van der Waals surface area contributed by atoms with Crippen molar-refractivity contribution in [3.63, 3.8) is 0 Å². The van der Waals surface area contributed by atoms with Gasteiger partial charge in [0.15, 0.2) is 11.6 Å². The Bertz CT molecular complexity index is 1640. The Morgan fingerprint density at radius 3 is 2.49 bits per heavy atom. The maximum absolute atomic E-state index is 14.9. The fraction of sp³-hybridized carbons (Fsp3) is 0.393. The van der Waals surface area contributed by atoms with E-state index in [9.17, 15) is 22.4 Å². The number of benzene rings is 1. The van der Waals surface area contributed by atoms with E-state index in [1.807, 2.05) is 0 Å². The Labute approximate surface area is 242 Å². The number of carbonyl (C=O) groups excluding carboxylic acids is 1. The Morgan fingerprint density at radius 2 is 1.88 bits per heavy atom. The number of methoxy groups -OCH3 is 1. The molecular formula is C28H27F4N7O4. The van der Waals surface area contributed by atoms with Crippen molar-refractivity contribution in [2.24, 2.45) is 5.41 Å². The zero-order chi connectivity index (χ0) is 30.4. The maximum Gasteiger partial charge on any atom is 0.401 e. The average molecular weight is 602 g/mol. The highest BCUT2D eigenvalue weighted by Crippen LogP contribution is 2.59. The summed E-state index contributed by atoms with van der Waals surface area (Å²) in [4.78, 5) is 21.1. The minimum atomic E-state index is -4.47. The number of hydrogen-bond acceptors (Lipinski definition) is 9. The molecule has 2 fully saturated rings. The standard InChI is InChI=1S/C28H27F4N7O4/c1-26(14-42-15-26)13-39-12-20(24(37-39)41-2)35-25-33-10-18(11-34-25)16-3-4-17(19(29)7-16)8-23(40)36-22-9-21(43-38-22)27(5-6-27)28(30,31)32/h3-4,7,9-12H,5-6,8,13-15H2,1-2H3,(H,33,34,35)(H,36,38,40). The molecule has 4 aromatic rings. The van der Waals surface area contributed by atoms with Gasteiger partial charge in [0.05, 0.1) is 39.5 Å². The summed E-state index contributed by atoms with van der Waals surface area (Å²) >= 11 is 0. The molecule has 0 atom stereocenters. The van der Waals surface area contributed by atoms with Gasteiger partial charge >= 0.3 is 6.18 Å². The molecule has 2 N–H and O–H groups in total. The van der Waals surface area contributed by atoms with E-state index in [4.69, 9.17) is 14.0 Å². The van der Waals surface area contributed by atoms with E-state index in [0.717, 1.165) is 6.07 Å². The van der Waals surface area contributed by atoms with Crippen LogP contribution in [0.2, 0.25) is 0 Å². The second-order valence-corrected chi connectivity index (χ2v) is 11.2. The summed E-state index contributed by atoms with van der Waals surface area (Å²) in [6.07, 6.45) is -0.180. The molecule has 1 aromatic carbocycles. The molecule has 2 aliphatic rings. The van der Waals surface area contributed by atoms with Crippen LogP contribution in [-0.2, 0) is 27.9 Å². The molecule has 3 aromatic heterocycles. The molecule has 1 saturated carbocycles. The molecule has 1 saturated heterocycles. The highest BCUT2D eigenvalue weighted by atomic mass is 19.4. The number of amides is 1. The van der Waals surface area contributed by atoms with Crippen molar-refractivity contribution in [1.29, 1.82) is 0 Å². The first-order valence-electron chi connectivity index (χ1n) is 13.4. The SMILES string of the molecule is COc1nn(CC2(C)COC2)cc1Nc1ncc(-c2ccc(CC(=O)Nc3cc(C4(C(F)(F)F)CC4)on3)c(F)c2)cn1. The van der Waals surface area contributed by atoms with Gasteiger partial charge in [-0.1, -0.05) is 24.2 Å². The van der Waals surface area contributed by atoms with E-state index >= 15 is 0 Å². The summed E-state index contributed by atoms with van der Waals surface area (Å²) in [7, 11) is 1.52. The van der Waals surface area contributed by atoms with Gasteiger partial charge in [0.25, 0.3) is 5.88 Å². The lowest BCUT2D eigenvalue weighted by Gasteiger charge is -2.37. The van der Waals surface area contributed by atoms with Crippen molar-refractivity contribution < 1.29 is 36.4 Å². The summed E-state index contributed by atoms with van der Waals surface area (Å²) in [6.45, 7) is 4.11. The number of carbonyl (C=O) groups is 1. The van der Waals surface area contributed by atoms with Gasteiger partial charge < -0.3 is 24.6 Å². The van der Waals surface area contributed by atoms with Gasteiger partial charge in [0.1, 0.15) is 16.9 Å². The van der Waals surface area contributed by atoms with Gasteiger partial charge in [-0.3, -0.25) is 9.48 Å². The molecule has 4 heterocycles.